The van der Waals surface area contributed by atoms with E-state index >= 15 is 0 Å². The van der Waals surface area contributed by atoms with Gasteiger partial charge in [-0.3, -0.25) is 10.4 Å². The molecule has 1 aromatic carbocycles. The van der Waals surface area contributed by atoms with Crippen molar-refractivity contribution in [2.45, 2.75) is 20.3 Å². The SMILES string of the molecule is CC(=NNc1cc(N2CCOCC2)nc(OCCc2ccccn2)n1)c1ccccc1C. The van der Waals surface area contributed by atoms with Crippen LogP contribution in [0.3, 0.4) is 0 Å². The number of anilines is 2. The average Bonchev–Trinajstić information content (AvgIpc) is 2.84. The lowest BCUT2D eigenvalue weighted by Crippen LogP contribution is -2.36. The molecule has 0 radical (unpaired) electrons. The van der Waals surface area contributed by atoms with Crippen molar-refractivity contribution in [2.24, 2.45) is 5.10 Å². The molecule has 0 saturated carbocycles. The maximum Gasteiger partial charge on any atom is 0.320 e. The van der Waals surface area contributed by atoms with Gasteiger partial charge in [0.1, 0.15) is 5.82 Å². The van der Waals surface area contributed by atoms with Crippen LogP contribution < -0.4 is 15.1 Å². The molecule has 0 aliphatic carbocycles. The minimum atomic E-state index is 0.316. The summed E-state index contributed by atoms with van der Waals surface area (Å²) in [6, 6.07) is 16.2. The van der Waals surface area contributed by atoms with Gasteiger partial charge in [0.25, 0.3) is 0 Å². The number of aromatic nitrogens is 3. The van der Waals surface area contributed by atoms with Gasteiger partial charge in [-0.05, 0) is 31.5 Å². The van der Waals surface area contributed by atoms with E-state index in [1.165, 1.54) is 5.56 Å². The van der Waals surface area contributed by atoms with E-state index in [-0.39, 0.29) is 0 Å². The normalized spacial score (nSPS) is 14.3. The van der Waals surface area contributed by atoms with E-state index in [1.807, 2.05) is 43.3 Å². The molecule has 0 atom stereocenters. The van der Waals surface area contributed by atoms with Crippen molar-refractivity contribution >= 4 is 17.3 Å². The second-order valence-corrected chi connectivity index (χ2v) is 7.54. The molecule has 1 aliphatic rings. The highest BCUT2D eigenvalue weighted by atomic mass is 16.5. The number of hydrogen-bond donors (Lipinski definition) is 1. The third kappa shape index (κ3) is 5.79. The predicted octanol–water partition coefficient (Wildman–Crippen LogP) is 3.47. The highest BCUT2D eigenvalue weighted by molar-refractivity contribution is 6.00. The highest BCUT2D eigenvalue weighted by Gasteiger charge is 2.16. The molecule has 0 unspecified atom stereocenters. The second-order valence-electron chi connectivity index (χ2n) is 7.54. The molecule has 8 nitrogen and oxygen atoms in total. The molecule has 0 amide bonds. The van der Waals surface area contributed by atoms with Gasteiger partial charge in [0.2, 0.25) is 0 Å². The van der Waals surface area contributed by atoms with Crippen molar-refractivity contribution in [1.82, 2.24) is 15.0 Å². The van der Waals surface area contributed by atoms with Crippen LogP contribution in [0.1, 0.15) is 23.7 Å². The van der Waals surface area contributed by atoms with E-state index in [9.17, 15) is 0 Å². The number of morpholine rings is 1. The van der Waals surface area contributed by atoms with Crippen LogP contribution >= 0.6 is 0 Å². The number of aryl methyl sites for hydroxylation is 1. The minimum absolute atomic E-state index is 0.316. The number of pyridine rings is 1. The molecule has 166 valence electrons. The summed E-state index contributed by atoms with van der Waals surface area (Å²) >= 11 is 0. The van der Waals surface area contributed by atoms with E-state index in [0.29, 0.717) is 38.1 Å². The summed E-state index contributed by atoms with van der Waals surface area (Å²) in [5.41, 5.74) is 7.20. The van der Waals surface area contributed by atoms with Crippen LogP contribution in [0.25, 0.3) is 0 Å². The number of hydrazone groups is 1. The Morgan fingerprint density at radius 3 is 2.72 bits per heavy atom. The summed E-state index contributed by atoms with van der Waals surface area (Å²) in [5, 5.41) is 4.55. The first-order valence-corrected chi connectivity index (χ1v) is 10.8. The molecular weight excluding hydrogens is 404 g/mol. The first-order chi connectivity index (χ1) is 15.7. The first kappa shape index (κ1) is 21.7. The lowest BCUT2D eigenvalue weighted by atomic mass is 10.1. The van der Waals surface area contributed by atoms with Crippen molar-refractivity contribution < 1.29 is 9.47 Å². The molecule has 0 bridgehead atoms. The number of rotatable bonds is 8. The standard InChI is InChI=1S/C24H28N6O2/c1-18-7-3-4-9-21(18)19(2)28-29-22-17-23(30-12-15-31-16-13-30)27-24(26-22)32-14-10-20-8-5-6-11-25-20/h3-9,11,17H,10,12-16H2,1-2H3,(H,26,27,29). The monoisotopic (exact) mass is 432 g/mol. The van der Waals surface area contributed by atoms with Gasteiger partial charge < -0.3 is 14.4 Å². The molecular formula is C24H28N6O2. The third-order valence-corrected chi connectivity index (χ3v) is 5.22. The van der Waals surface area contributed by atoms with Gasteiger partial charge in [0.05, 0.1) is 25.5 Å². The minimum Gasteiger partial charge on any atom is -0.463 e. The third-order valence-electron chi connectivity index (χ3n) is 5.22. The fraction of sp³-hybridized carbons (Fsp3) is 0.333. The smallest absolute Gasteiger partial charge is 0.320 e. The van der Waals surface area contributed by atoms with E-state index in [4.69, 9.17) is 9.47 Å². The Morgan fingerprint density at radius 1 is 1.12 bits per heavy atom. The number of hydrogen-bond acceptors (Lipinski definition) is 8. The fourth-order valence-electron chi connectivity index (χ4n) is 3.46. The van der Waals surface area contributed by atoms with Gasteiger partial charge in [0, 0.05) is 43.0 Å². The average molecular weight is 433 g/mol. The summed E-state index contributed by atoms with van der Waals surface area (Å²) in [5.74, 6) is 1.38. The molecule has 1 saturated heterocycles. The van der Waals surface area contributed by atoms with Crippen molar-refractivity contribution in [3.63, 3.8) is 0 Å². The van der Waals surface area contributed by atoms with E-state index in [1.54, 1.807) is 6.20 Å². The lowest BCUT2D eigenvalue weighted by Gasteiger charge is -2.28. The zero-order valence-corrected chi connectivity index (χ0v) is 18.5. The van der Waals surface area contributed by atoms with Crippen molar-refractivity contribution in [2.75, 3.05) is 43.2 Å². The zero-order chi connectivity index (χ0) is 22.2. The Hall–Kier alpha value is -3.52. The zero-order valence-electron chi connectivity index (χ0n) is 18.5. The number of nitrogens with one attached hydrogen (secondary N) is 1. The molecule has 3 heterocycles. The highest BCUT2D eigenvalue weighted by Crippen LogP contribution is 2.21. The fourth-order valence-corrected chi connectivity index (χ4v) is 3.46. The number of benzene rings is 1. The van der Waals surface area contributed by atoms with Gasteiger partial charge >= 0.3 is 6.01 Å². The topological polar surface area (TPSA) is 84.8 Å². The maximum atomic E-state index is 5.88. The molecule has 4 rings (SSSR count). The van der Waals surface area contributed by atoms with Gasteiger partial charge in [-0.2, -0.15) is 15.1 Å². The van der Waals surface area contributed by atoms with Gasteiger partial charge in [-0.1, -0.05) is 30.3 Å². The summed E-state index contributed by atoms with van der Waals surface area (Å²) in [6.45, 7) is 7.38. The Bertz CT molecular complexity index is 1050. The van der Waals surface area contributed by atoms with Crippen molar-refractivity contribution in [3.8, 4) is 6.01 Å². The molecule has 1 N–H and O–H groups in total. The van der Waals surface area contributed by atoms with Gasteiger partial charge in [-0.25, -0.2) is 0 Å². The lowest BCUT2D eigenvalue weighted by molar-refractivity contribution is 0.122. The Morgan fingerprint density at radius 2 is 1.94 bits per heavy atom. The summed E-state index contributed by atoms with van der Waals surface area (Å²) in [7, 11) is 0. The quantitative estimate of drug-likeness (QED) is 0.431. The van der Waals surface area contributed by atoms with Crippen molar-refractivity contribution in [3.05, 3.63) is 71.5 Å². The molecule has 3 aromatic rings. The molecule has 0 spiro atoms. The van der Waals surface area contributed by atoms with E-state index in [0.717, 1.165) is 35.9 Å². The van der Waals surface area contributed by atoms with E-state index in [2.05, 4.69) is 49.4 Å². The van der Waals surface area contributed by atoms with Crippen LogP contribution in [0.2, 0.25) is 0 Å². The van der Waals surface area contributed by atoms with Gasteiger partial charge in [-0.15, -0.1) is 0 Å². The number of nitrogens with zero attached hydrogens (tertiary/aromatic N) is 5. The second kappa shape index (κ2) is 10.7. The molecule has 8 heteroatoms. The number of ether oxygens (including phenoxy) is 2. The largest absolute Gasteiger partial charge is 0.463 e. The molecule has 2 aromatic heterocycles. The maximum absolute atomic E-state index is 5.88. The summed E-state index contributed by atoms with van der Waals surface area (Å²) in [4.78, 5) is 15.6. The predicted molar refractivity (Wildman–Crippen MR) is 126 cm³/mol. The Kier molecular flexibility index (Phi) is 7.24. The van der Waals surface area contributed by atoms with Crippen LogP contribution in [0.15, 0.2) is 59.8 Å². The summed E-state index contributed by atoms with van der Waals surface area (Å²) < 4.78 is 11.4. The molecule has 32 heavy (non-hydrogen) atoms. The summed E-state index contributed by atoms with van der Waals surface area (Å²) in [6.07, 6.45) is 2.46. The first-order valence-electron chi connectivity index (χ1n) is 10.8. The Labute approximate surface area is 188 Å². The van der Waals surface area contributed by atoms with Crippen LogP contribution in [0.4, 0.5) is 11.6 Å². The van der Waals surface area contributed by atoms with Gasteiger partial charge in [0.15, 0.2) is 5.82 Å². The Balaban J connectivity index is 1.51. The van der Waals surface area contributed by atoms with Crippen LogP contribution in [0, 0.1) is 6.92 Å². The molecule has 1 fully saturated rings. The van der Waals surface area contributed by atoms with Crippen LogP contribution in [-0.2, 0) is 11.2 Å². The van der Waals surface area contributed by atoms with Crippen LogP contribution in [0.5, 0.6) is 6.01 Å². The van der Waals surface area contributed by atoms with Crippen LogP contribution in [-0.4, -0.2) is 53.6 Å². The van der Waals surface area contributed by atoms with E-state index < -0.39 is 0 Å². The molecule has 1 aliphatic heterocycles. The van der Waals surface area contributed by atoms with Crippen molar-refractivity contribution in [1.29, 1.82) is 0 Å².